The van der Waals surface area contributed by atoms with Crippen LogP contribution in [-0.4, -0.2) is 60.4 Å². The predicted octanol–water partition coefficient (Wildman–Crippen LogP) is 0.209. The molecule has 0 aromatic carbocycles. The summed E-state index contributed by atoms with van der Waals surface area (Å²) in [7, 11) is 0. The zero-order valence-corrected chi connectivity index (χ0v) is 11.9. The van der Waals surface area contributed by atoms with E-state index in [-0.39, 0.29) is 23.1 Å². The fourth-order valence-electron chi connectivity index (χ4n) is 4.04. The minimum Gasteiger partial charge on any atom is -0.336 e. The van der Waals surface area contributed by atoms with Crippen molar-refractivity contribution in [3.8, 4) is 0 Å². The zero-order valence-electron chi connectivity index (χ0n) is 11.9. The number of nitrogens with one attached hydrogen (secondary N) is 1. The second-order valence-corrected chi connectivity index (χ2v) is 6.95. The molecule has 2 amide bonds. The quantitative estimate of drug-likeness (QED) is 0.785. The molecule has 0 aromatic rings. The maximum Gasteiger partial charge on any atom is 0.242 e. The van der Waals surface area contributed by atoms with Crippen molar-refractivity contribution in [2.45, 2.75) is 38.1 Å². The van der Waals surface area contributed by atoms with Gasteiger partial charge >= 0.3 is 0 Å². The first-order valence-electron chi connectivity index (χ1n) is 7.99. The molecule has 1 spiro atoms. The topological polar surface area (TPSA) is 52.7 Å². The van der Waals surface area contributed by atoms with Gasteiger partial charge in [-0.1, -0.05) is 0 Å². The van der Waals surface area contributed by atoms with E-state index in [9.17, 15) is 9.59 Å². The Balaban J connectivity index is 1.37. The Hall–Kier alpha value is -1.10. The van der Waals surface area contributed by atoms with E-state index in [1.54, 1.807) is 0 Å². The first-order valence-corrected chi connectivity index (χ1v) is 7.99. The molecule has 4 fully saturated rings. The first kappa shape index (κ1) is 12.6. The molecule has 1 atom stereocenters. The third kappa shape index (κ3) is 2.03. The highest BCUT2D eigenvalue weighted by molar-refractivity contribution is 5.89. The lowest BCUT2D eigenvalue weighted by molar-refractivity contribution is -0.147. The molecular formula is C15H23N3O2. The van der Waals surface area contributed by atoms with Gasteiger partial charge in [0.1, 0.15) is 0 Å². The van der Waals surface area contributed by atoms with Gasteiger partial charge in [0.2, 0.25) is 11.8 Å². The lowest BCUT2D eigenvalue weighted by Crippen LogP contribution is -2.53. The van der Waals surface area contributed by atoms with E-state index in [4.69, 9.17) is 0 Å². The molecule has 0 aromatic heterocycles. The SMILES string of the molecule is O=C(C1CC12CCNCC2)N1CCN(C2CC2)C(=O)C1. The van der Waals surface area contributed by atoms with Crippen LogP contribution in [0.1, 0.15) is 32.1 Å². The molecule has 2 aliphatic carbocycles. The lowest BCUT2D eigenvalue weighted by atomic mass is 9.91. The first-order chi connectivity index (χ1) is 9.70. The van der Waals surface area contributed by atoms with Crippen LogP contribution in [0.3, 0.4) is 0 Å². The van der Waals surface area contributed by atoms with Gasteiger partial charge in [0, 0.05) is 25.0 Å². The van der Waals surface area contributed by atoms with Crippen LogP contribution in [0, 0.1) is 11.3 Å². The molecule has 110 valence electrons. The molecule has 1 unspecified atom stereocenters. The van der Waals surface area contributed by atoms with E-state index in [0.717, 1.165) is 58.3 Å². The number of amides is 2. The molecule has 0 bridgehead atoms. The largest absolute Gasteiger partial charge is 0.336 e. The third-order valence-electron chi connectivity index (χ3n) is 5.64. The van der Waals surface area contributed by atoms with Crippen LogP contribution in [0.4, 0.5) is 0 Å². The van der Waals surface area contributed by atoms with Crippen molar-refractivity contribution in [2.24, 2.45) is 11.3 Å². The Labute approximate surface area is 119 Å². The highest BCUT2D eigenvalue weighted by atomic mass is 16.2. The number of nitrogens with zero attached hydrogens (tertiary/aromatic N) is 2. The molecule has 4 aliphatic rings. The van der Waals surface area contributed by atoms with Gasteiger partial charge in [-0.25, -0.2) is 0 Å². The van der Waals surface area contributed by atoms with E-state index in [0.29, 0.717) is 12.6 Å². The maximum atomic E-state index is 12.6. The summed E-state index contributed by atoms with van der Waals surface area (Å²) in [6.07, 6.45) is 5.60. The molecule has 1 N–H and O–H groups in total. The average molecular weight is 277 g/mol. The molecule has 2 saturated carbocycles. The van der Waals surface area contributed by atoms with Crippen LogP contribution >= 0.6 is 0 Å². The predicted molar refractivity (Wildman–Crippen MR) is 74.0 cm³/mol. The van der Waals surface area contributed by atoms with Crippen LogP contribution < -0.4 is 5.32 Å². The van der Waals surface area contributed by atoms with Crippen LogP contribution in [0.15, 0.2) is 0 Å². The molecule has 5 nitrogen and oxygen atoms in total. The molecule has 0 radical (unpaired) electrons. The molecule has 4 rings (SSSR count). The van der Waals surface area contributed by atoms with E-state index in [2.05, 4.69) is 5.32 Å². The second kappa shape index (κ2) is 4.45. The Morgan fingerprint density at radius 3 is 2.60 bits per heavy atom. The Kier molecular flexibility index (Phi) is 2.81. The summed E-state index contributed by atoms with van der Waals surface area (Å²) in [6, 6.07) is 0.483. The van der Waals surface area contributed by atoms with Gasteiger partial charge in [0.25, 0.3) is 0 Å². The van der Waals surface area contributed by atoms with Crippen molar-refractivity contribution in [3.05, 3.63) is 0 Å². The summed E-state index contributed by atoms with van der Waals surface area (Å²) >= 11 is 0. The summed E-state index contributed by atoms with van der Waals surface area (Å²) in [5.74, 6) is 0.604. The summed E-state index contributed by atoms with van der Waals surface area (Å²) in [4.78, 5) is 28.5. The molecular weight excluding hydrogens is 254 g/mol. The fraction of sp³-hybridized carbons (Fsp3) is 0.867. The number of piperidine rings is 1. The molecule has 2 saturated heterocycles. The zero-order chi connectivity index (χ0) is 13.7. The van der Waals surface area contributed by atoms with Gasteiger partial charge in [-0.2, -0.15) is 0 Å². The standard InChI is InChI=1S/C15H23N3O2/c19-13-10-17(7-8-18(13)11-1-2-11)14(20)12-9-15(12)3-5-16-6-4-15/h11-12,16H,1-10H2. The Morgan fingerprint density at radius 1 is 1.20 bits per heavy atom. The minimum absolute atomic E-state index is 0.159. The smallest absolute Gasteiger partial charge is 0.242 e. The van der Waals surface area contributed by atoms with Crippen LogP contribution in [0.5, 0.6) is 0 Å². The van der Waals surface area contributed by atoms with E-state index in [1.165, 1.54) is 0 Å². The van der Waals surface area contributed by atoms with Gasteiger partial charge < -0.3 is 15.1 Å². The van der Waals surface area contributed by atoms with Crippen molar-refractivity contribution in [1.82, 2.24) is 15.1 Å². The van der Waals surface area contributed by atoms with Gasteiger partial charge in [-0.05, 0) is 50.6 Å². The highest BCUT2D eigenvalue weighted by Crippen LogP contribution is 2.59. The number of carbonyl (C=O) groups excluding carboxylic acids is 2. The van der Waals surface area contributed by atoms with Crippen molar-refractivity contribution >= 4 is 11.8 Å². The number of rotatable bonds is 2. The summed E-state index contributed by atoms with van der Waals surface area (Å²) < 4.78 is 0. The normalized spacial score (nSPS) is 32.6. The monoisotopic (exact) mass is 277 g/mol. The summed E-state index contributed by atoms with van der Waals surface area (Å²) in [5.41, 5.74) is 0.277. The summed E-state index contributed by atoms with van der Waals surface area (Å²) in [6.45, 7) is 3.89. The number of hydrogen-bond acceptors (Lipinski definition) is 3. The van der Waals surface area contributed by atoms with E-state index >= 15 is 0 Å². The van der Waals surface area contributed by atoms with Crippen LogP contribution in [0.2, 0.25) is 0 Å². The molecule has 5 heteroatoms. The minimum atomic E-state index is 0.159. The van der Waals surface area contributed by atoms with E-state index in [1.807, 2.05) is 9.80 Å². The van der Waals surface area contributed by atoms with Crippen molar-refractivity contribution in [2.75, 3.05) is 32.7 Å². The van der Waals surface area contributed by atoms with Gasteiger partial charge in [0.15, 0.2) is 0 Å². The van der Waals surface area contributed by atoms with Gasteiger partial charge in [0.05, 0.1) is 6.54 Å². The molecule has 2 aliphatic heterocycles. The van der Waals surface area contributed by atoms with Crippen molar-refractivity contribution < 1.29 is 9.59 Å². The Bertz CT molecular complexity index is 440. The highest BCUT2D eigenvalue weighted by Gasteiger charge is 2.58. The van der Waals surface area contributed by atoms with Gasteiger partial charge in [-0.15, -0.1) is 0 Å². The number of piperazine rings is 1. The lowest BCUT2D eigenvalue weighted by Gasteiger charge is -2.35. The van der Waals surface area contributed by atoms with Crippen LogP contribution in [0.25, 0.3) is 0 Å². The average Bonchev–Trinajstić information content (AvgIpc) is 3.36. The Morgan fingerprint density at radius 2 is 1.95 bits per heavy atom. The fourth-order valence-corrected chi connectivity index (χ4v) is 4.04. The van der Waals surface area contributed by atoms with Gasteiger partial charge in [-0.3, -0.25) is 9.59 Å². The number of hydrogen-bond donors (Lipinski definition) is 1. The third-order valence-corrected chi connectivity index (χ3v) is 5.64. The second-order valence-electron chi connectivity index (χ2n) is 6.95. The molecule has 20 heavy (non-hydrogen) atoms. The molecule has 2 heterocycles. The van der Waals surface area contributed by atoms with Crippen LogP contribution in [-0.2, 0) is 9.59 Å². The number of carbonyl (C=O) groups is 2. The summed E-state index contributed by atoms with van der Waals surface area (Å²) in [5, 5.41) is 3.37. The van der Waals surface area contributed by atoms with Crippen molar-refractivity contribution in [3.63, 3.8) is 0 Å². The van der Waals surface area contributed by atoms with E-state index < -0.39 is 0 Å². The maximum absolute atomic E-state index is 12.6. The van der Waals surface area contributed by atoms with Crippen molar-refractivity contribution in [1.29, 1.82) is 0 Å².